The minimum Gasteiger partial charge on any atom is -0.450 e. The minimum atomic E-state index is -2.74. The standard InChI is InChI=1S/C26H39N5O7Si/c1-5-30(19-18-27-26(32)35-20-9-21-39(36-6-2,37-7-3)38-8-4)24-14-10-22(11-15-24)28-29-23-12-16-25(17-13-23)31(33)34/h10-17H,5-9,18-21H2,1-4H3,(H,27,32). The molecule has 13 heteroatoms. The number of azo groups is 1. The molecule has 214 valence electrons. The number of ether oxygens (including phenoxy) is 1. The molecule has 2 rings (SSSR count). The van der Waals surface area contributed by atoms with Crippen molar-refractivity contribution < 1.29 is 27.7 Å². The second kappa shape index (κ2) is 17.2. The van der Waals surface area contributed by atoms with Crippen LogP contribution in [0.2, 0.25) is 6.04 Å². The Kier molecular flexibility index (Phi) is 14.1. The van der Waals surface area contributed by atoms with Gasteiger partial charge in [-0.05, 0) is 70.5 Å². The lowest BCUT2D eigenvalue weighted by atomic mass is 10.2. The van der Waals surface area contributed by atoms with Crippen LogP contribution in [-0.4, -0.2) is 65.9 Å². The van der Waals surface area contributed by atoms with Crippen molar-refractivity contribution in [1.82, 2.24) is 5.32 Å². The van der Waals surface area contributed by atoms with Gasteiger partial charge in [0.25, 0.3) is 5.69 Å². The van der Waals surface area contributed by atoms with E-state index in [0.29, 0.717) is 56.7 Å². The van der Waals surface area contributed by atoms with Crippen molar-refractivity contribution in [3.05, 3.63) is 58.6 Å². The van der Waals surface area contributed by atoms with Crippen LogP contribution < -0.4 is 10.2 Å². The quantitative estimate of drug-likeness (QED) is 0.0769. The number of nitrogens with one attached hydrogen (secondary N) is 1. The van der Waals surface area contributed by atoms with Crippen molar-refractivity contribution in [2.75, 3.05) is 51.0 Å². The van der Waals surface area contributed by atoms with E-state index in [4.69, 9.17) is 18.0 Å². The van der Waals surface area contributed by atoms with E-state index >= 15 is 0 Å². The lowest BCUT2D eigenvalue weighted by Crippen LogP contribution is -2.46. The number of non-ortho nitro benzene ring substituents is 1. The van der Waals surface area contributed by atoms with Crippen LogP contribution in [0.5, 0.6) is 0 Å². The molecule has 0 radical (unpaired) electrons. The summed E-state index contributed by atoms with van der Waals surface area (Å²) in [5.41, 5.74) is 2.16. The number of amides is 1. The fourth-order valence-electron chi connectivity index (χ4n) is 3.76. The molecule has 0 spiro atoms. The predicted molar refractivity (Wildman–Crippen MR) is 151 cm³/mol. The summed E-state index contributed by atoms with van der Waals surface area (Å²) in [6, 6.07) is 14.0. The highest BCUT2D eigenvalue weighted by Gasteiger charge is 2.39. The van der Waals surface area contributed by atoms with Crippen molar-refractivity contribution in [1.29, 1.82) is 0 Å². The zero-order valence-corrected chi connectivity index (χ0v) is 24.1. The first-order valence-electron chi connectivity index (χ1n) is 13.2. The molecule has 0 fully saturated rings. The molecule has 2 aromatic rings. The van der Waals surface area contributed by atoms with Gasteiger partial charge in [0.15, 0.2) is 0 Å². The van der Waals surface area contributed by atoms with E-state index in [9.17, 15) is 14.9 Å². The van der Waals surface area contributed by atoms with Crippen molar-refractivity contribution in [2.45, 2.75) is 40.2 Å². The molecule has 1 amide bonds. The van der Waals surface area contributed by atoms with E-state index in [2.05, 4.69) is 20.4 Å². The van der Waals surface area contributed by atoms with Gasteiger partial charge in [-0.3, -0.25) is 10.1 Å². The number of likely N-dealkylation sites (N-methyl/N-ethyl adjacent to an activating group) is 1. The Morgan fingerprint density at radius 3 is 1.95 bits per heavy atom. The Labute approximate surface area is 230 Å². The average Bonchev–Trinajstić information content (AvgIpc) is 2.93. The summed E-state index contributed by atoms with van der Waals surface area (Å²) in [7, 11) is -2.74. The molecule has 12 nitrogen and oxygen atoms in total. The van der Waals surface area contributed by atoms with Gasteiger partial charge in [0.05, 0.1) is 22.9 Å². The van der Waals surface area contributed by atoms with Gasteiger partial charge in [0, 0.05) is 63.3 Å². The summed E-state index contributed by atoms with van der Waals surface area (Å²) in [6.45, 7) is 11.3. The molecule has 1 N–H and O–H groups in total. The summed E-state index contributed by atoms with van der Waals surface area (Å²) < 4.78 is 22.8. The number of carbonyl (C=O) groups is 1. The third kappa shape index (κ3) is 11.1. The molecule has 0 aromatic heterocycles. The molecule has 0 aliphatic rings. The summed E-state index contributed by atoms with van der Waals surface area (Å²) in [6.07, 6.45) is 0.124. The molecule has 0 unspecified atom stereocenters. The number of alkyl carbamates (subject to hydrolysis) is 1. The van der Waals surface area contributed by atoms with Gasteiger partial charge in [0.1, 0.15) is 0 Å². The number of nitro groups is 1. The number of benzene rings is 2. The van der Waals surface area contributed by atoms with E-state index < -0.39 is 19.8 Å². The summed E-state index contributed by atoms with van der Waals surface area (Å²) in [5, 5.41) is 21.8. The maximum Gasteiger partial charge on any atom is 0.501 e. The maximum absolute atomic E-state index is 12.1. The number of rotatable bonds is 18. The molecule has 39 heavy (non-hydrogen) atoms. The van der Waals surface area contributed by atoms with Crippen molar-refractivity contribution >= 4 is 37.6 Å². The molecule has 0 aliphatic heterocycles. The van der Waals surface area contributed by atoms with Crippen LogP contribution in [0.3, 0.4) is 0 Å². The van der Waals surface area contributed by atoms with Gasteiger partial charge < -0.3 is 28.2 Å². The molecular formula is C26H39N5O7Si. The zero-order valence-electron chi connectivity index (χ0n) is 23.1. The first kappa shape index (κ1) is 31.8. The highest BCUT2D eigenvalue weighted by molar-refractivity contribution is 6.60. The van der Waals surface area contributed by atoms with Gasteiger partial charge in [-0.25, -0.2) is 4.79 Å². The largest absolute Gasteiger partial charge is 0.501 e. The summed E-state index contributed by atoms with van der Waals surface area (Å²) in [4.78, 5) is 24.6. The van der Waals surface area contributed by atoms with E-state index in [1.807, 2.05) is 52.0 Å². The highest BCUT2D eigenvalue weighted by atomic mass is 28.4. The van der Waals surface area contributed by atoms with E-state index in [0.717, 1.165) is 12.2 Å². The van der Waals surface area contributed by atoms with E-state index in [1.165, 1.54) is 12.1 Å². The fourth-order valence-corrected chi connectivity index (χ4v) is 6.33. The monoisotopic (exact) mass is 561 g/mol. The number of carbonyl (C=O) groups excluding carboxylic acids is 1. The third-order valence-electron chi connectivity index (χ3n) is 5.54. The van der Waals surface area contributed by atoms with Gasteiger partial charge in [0.2, 0.25) is 0 Å². The van der Waals surface area contributed by atoms with E-state index in [-0.39, 0.29) is 12.3 Å². The van der Waals surface area contributed by atoms with Gasteiger partial charge >= 0.3 is 14.9 Å². The van der Waals surface area contributed by atoms with Gasteiger partial charge in [-0.1, -0.05) is 0 Å². The molecule has 2 aromatic carbocycles. The van der Waals surface area contributed by atoms with Gasteiger partial charge in [-0.15, -0.1) is 0 Å². The molecule has 0 heterocycles. The number of nitro benzene ring substituents is 1. The topological polar surface area (TPSA) is 137 Å². The first-order chi connectivity index (χ1) is 18.9. The Morgan fingerprint density at radius 1 is 0.923 bits per heavy atom. The smallest absolute Gasteiger partial charge is 0.450 e. The fraction of sp³-hybridized carbons (Fsp3) is 0.500. The molecule has 0 aliphatic carbocycles. The van der Waals surface area contributed by atoms with Crippen LogP contribution >= 0.6 is 0 Å². The van der Waals surface area contributed by atoms with Crippen LogP contribution in [0.25, 0.3) is 0 Å². The first-order valence-corrected chi connectivity index (χ1v) is 15.1. The van der Waals surface area contributed by atoms with E-state index in [1.54, 1.807) is 12.1 Å². The molecule has 0 atom stereocenters. The summed E-state index contributed by atoms with van der Waals surface area (Å²) in [5.74, 6) is 0. The second-order valence-electron chi connectivity index (χ2n) is 8.22. The van der Waals surface area contributed by atoms with Crippen LogP contribution in [0.15, 0.2) is 58.8 Å². The third-order valence-corrected chi connectivity index (χ3v) is 8.69. The maximum atomic E-state index is 12.1. The van der Waals surface area contributed by atoms with Crippen LogP contribution in [0.4, 0.5) is 27.5 Å². The minimum absolute atomic E-state index is 0.00537. The Hall–Kier alpha value is -3.39. The van der Waals surface area contributed by atoms with Crippen LogP contribution in [-0.2, 0) is 18.0 Å². The SMILES string of the molecule is CCO[Si](CCCOC(=O)NCCN(CC)c1ccc(N=Nc2ccc([N+](=O)[O-])cc2)cc1)(OCC)OCC. The second-order valence-corrected chi connectivity index (χ2v) is 10.9. The van der Waals surface area contributed by atoms with Crippen molar-refractivity contribution in [3.63, 3.8) is 0 Å². The normalized spacial score (nSPS) is 11.5. The number of hydrogen-bond donors (Lipinski definition) is 1. The Morgan fingerprint density at radius 2 is 1.46 bits per heavy atom. The number of nitrogens with zero attached hydrogens (tertiary/aromatic N) is 4. The average molecular weight is 562 g/mol. The molecule has 0 saturated carbocycles. The summed E-state index contributed by atoms with van der Waals surface area (Å²) >= 11 is 0. The van der Waals surface area contributed by atoms with Gasteiger partial charge in [-0.2, -0.15) is 10.2 Å². The predicted octanol–water partition coefficient (Wildman–Crippen LogP) is 6.00. The number of hydrogen-bond acceptors (Lipinski definition) is 10. The van der Waals surface area contributed by atoms with Crippen molar-refractivity contribution in [2.24, 2.45) is 10.2 Å². The van der Waals surface area contributed by atoms with Crippen LogP contribution in [0, 0.1) is 10.1 Å². The molecule has 0 bridgehead atoms. The number of anilines is 1. The lowest BCUT2D eigenvalue weighted by Gasteiger charge is -2.28. The van der Waals surface area contributed by atoms with Crippen molar-refractivity contribution in [3.8, 4) is 0 Å². The van der Waals surface area contributed by atoms with Crippen LogP contribution in [0.1, 0.15) is 34.1 Å². The molecular weight excluding hydrogens is 522 g/mol. The highest BCUT2D eigenvalue weighted by Crippen LogP contribution is 2.24. The molecule has 0 saturated heterocycles. The lowest BCUT2D eigenvalue weighted by molar-refractivity contribution is -0.384. The zero-order chi connectivity index (χ0) is 28.5. The Balaban J connectivity index is 1.76. The Bertz CT molecular complexity index is 1020.